The van der Waals surface area contributed by atoms with Crippen molar-refractivity contribution in [3.8, 4) is 0 Å². The highest BCUT2D eigenvalue weighted by atomic mass is 16.4. The van der Waals surface area contributed by atoms with Crippen LogP contribution < -0.4 is 10.6 Å². The van der Waals surface area contributed by atoms with Crippen LogP contribution in [0.4, 0.5) is 11.6 Å². The molecule has 0 aliphatic heterocycles. The van der Waals surface area contributed by atoms with Gasteiger partial charge in [-0.15, -0.1) is 0 Å². The molecule has 0 radical (unpaired) electrons. The Morgan fingerprint density at radius 1 is 0.750 bits per heavy atom. The highest BCUT2D eigenvalue weighted by molar-refractivity contribution is 5.87. The van der Waals surface area contributed by atoms with Crippen LogP contribution in [0.2, 0.25) is 0 Å². The van der Waals surface area contributed by atoms with Gasteiger partial charge in [0.25, 0.3) is 0 Å². The molecule has 28 heavy (non-hydrogen) atoms. The summed E-state index contributed by atoms with van der Waals surface area (Å²) in [5.41, 5.74) is 0. The molecule has 0 unspecified atom stereocenters. The summed E-state index contributed by atoms with van der Waals surface area (Å²) in [6, 6.07) is 10.7. The zero-order valence-electron chi connectivity index (χ0n) is 15.5. The molecule has 0 atom stereocenters. The third-order valence-corrected chi connectivity index (χ3v) is 2.49. The molecule has 0 spiro atoms. The molecule has 0 bridgehead atoms. The second kappa shape index (κ2) is 14.4. The van der Waals surface area contributed by atoms with Crippen LogP contribution in [0, 0.1) is 0 Å². The van der Waals surface area contributed by atoms with E-state index in [0.29, 0.717) is 11.6 Å². The number of anilines is 2. The number of pyridine rings is 2. The van der Waals surface area contributed by atoms with E-state index < -0.39 is 11.9 Å². The summed E-state index contributed by atoms with van der Waals surface area (Å²) in [4.78, 5) is 48.0. The van der Waals surface area contributed by atoms with Gasteiger partial charge in [0.05, 0.1) is 12.8 Å². The molecule has 0 aromatic carbocycles. The SMILES string of the molecule is CC(=O)Nc1ccccn1.CC(=O)Nc1ccccn1.O=C(O)CCC(=O)O. The van der Waals surface area contributed by atoms with Crippen molar-refractivity contribution in [1.29, 1.82) is 0 Å². The minimum absolute atomic E-state index is 0.0984. The van der Waals surface area contributed by atoms with E-state index in [9.17, 15) is 19.2 Å². The molecule has 0 aliphatic carbocycles. The Bertz CT molecular complexity index is 688. The van der Waals surface area contributed by atoms with Gasteiger partial charge in [-0.05, 0) is 24.3 Å². The van der Waals surface area contributed by atoms with Crippen LogP contribution in [0.15, 0.2) is 48.8 Å². The van der Waals surface area contributed by atoms with Crippen LogP contribution >= 0.6 is 0 Å². The fourth-order valence-electron chi connectivity index (χ4n) is 1.45. The summed E-state index contributed by atoms with van der Waals surface area (Å²) in [7, 11) is 0. The van der Waals surface area contributed by atoms with E-state index in [4.69, 9.17) is 10.2 Å². The van der Waals surface area contributed by atoms with Crippen molar-refractivity contribution in [2.24, 2.45) is 0 Å². The molecule has 0 aliphatic rings. The number of amides is 2. The van der Waals surface area contributed by atoms with Crippen molar-refractivity contribution >= 4 is 35.4 Å². The number of carboxylic acids is 2. The zero-order chi connectivity index (χ0) is 21.4. The number of hydrogen-bond acceptors (Lipinski definition) is 6. The number of carboxylic acid groups (broad SMARTS) is 2. The molecule has 0 saturated heterocycles. The molecular weight excluding hydrogens is 368 g/mol. The van der Waals surface area contributed by atoms with E-state index in [-0.39, 0.29) is 24.7 Å². The van der Waals surface area contributed by atoms with Crippen molar-refractivity contribution in [3.63, 3.8) is 0 Å². The number of aromatic nitrogens is 2. The number of carbonyl (C=O) groups is 4. The van der Waals surface area contributed by atoms with Crippen molar-refractivity contribution in [1.82, 2.24) is 9.97 Å². The first-order valence-corrected chi connectivity index (χ1v) is 8.01. The maximum Gasteiger partial charge on any atom is 0.303 e. The monoisotopic (exact) mass is 390 g/mol. The van der Waals surface area contributed by atoms with Gasteiger partial charge in [0.15, 0.2) is 0 Å². The molecule has 2 amide bonds. The smallest absolute Gasteiger partial charge is 0.303 e. The van der Waals surface area contributed by atoms with Gasteiger partial charge >= 0.3 is 11.9 Å². The minimum atomic E-state index is -1.08. The van der Waals surface area contributed by atoms with Gasteiger partial charge in [-0.3, -0.25) is 19.2 Å². The third-order valence-electron chi connectivity index (χ3n) is 2.49. The van der Waals surface area contributed by atoms with Gasteiger partial charge < -0.3 is 20.8 Å². The number of hydrogen-bond donors (Lipinski definition) is 4. The van der Waals surface area contributed by atoms with Crippen LogP contribution in [0.5, 0.6) is 0 Å². The average molecular weight is 390 g/mol. The van der Waals surface area contributed by atoms with Crippen LogP contribution in [0.25, 0.3) is 0 Å². The van der Waals surface area contributed by atoms with Crippen molar-refractivity contribution in [2.45, 2.75) is 26.7 Å². The molecule has 0 fully saturated rings. The second-order valence-electron chi connectivity index (χ2n) is 5.08. The lowest BCUT2D eigenvalue weighted by Crippen LogP contribution is -2.06. The van der Waals surface area contributed by atoms with Crippen LogP contribution in [0.3, 0.4) is 0 Å². The molecule has 10 nitrogen and oxygen atoms in total. The molecule has 2 aromatic heterocycles. The number of aliphatic carboxylic acids is 2. The van der Waals surface area contributed by atoms with Crippen molar-refractivity contribution in [3.05, 3.63) is 48.8 Å². The summed E-state index contributed by atoms with van der Waals surface area (Å²) < 4.78 is 0. The van der Waals surface area contributed by atoms with E-state index in [1.807, 2.05) is 12.1 Å². The lowest BCUT2D eigenvalue weighted by molar-refractivity contribution is -0.143. The zero-order valence-corrected chi connectivity index (χ0v) is 15.5. The summed E-state index contributed by atoms with van der Waals surface area (Å²) in [5.74, 6) is -1.16. The molecule has 150 valence electrons. The maximum absolute atomic E-state index is 10.5. The van der Waals surface area contributed by atoms with E-state index in [1.54, 1.807) is 36.7 Å². The highest BCUT2D eigenvalue weighted by Gasteiger charge is 2.00. The predicted molar refractivity (Wildman–Crippen MR) is 102 cm³/mol. The number of nitrogens with one attached hydrogen (secondary N) is 2. The largest absolute Gasteiger partial charge is 0.481 e. The van der Waals surface area contributed by atoms with Crippen LogP contribution in [-0.2, 0) is 19.2 Å². The number of nitrogens with zero attached hydrogens (tertiary/aromatic N) is 2. The lowest BCUT2D eigenvalue weighted by atomic mass is 10.3. The summed E-state index contributed by atoms with van der Waals surface area (Å²) in [6.45, 7) is 2.91. The topological polar surface area (TPSA) is 159 Å². The Morgan fingerprint density at radius 2 is 1.11 bits per heavy atom. The van der Waals surface area contributed by atoms with Crippen LogP contribution in [-0.4, -0.2) is 43.9 Å². The maximum atomic E-state index is 10.5. The van der Waals surface area contributed by atoms with Gasteiger partial charge in [0.2, 0.25) is 11.8 Å². The summed E-state index contributed by atoms with van der Waals surface area (Å²) in [6.07, 6.45) is 2.67. The average Bonchev–Trinajstić information content (AvgIpc) is 2.62. The van der Waals surface area contributed by atoms with Crippen LogP contribution in [0.1, 0.15) is 26.7 Å². The second-order valence-corrected chi connectivity index (χ2v) is 5.08. The first-order valence-electron chi connectivity index (χ1n) is 8.01. The minimum Gasteiger partial charge on any atom is -0.481 e. The Labute approximate surface area is 161 Å². The standard InChI is InChI=1S/2C7H8N2O.C4H6O4/c2*1-6(10)9-7-4-2-3-5-8-7;5-3(6)1-2-4(7)8/h2*2-5H,1H3,(H,8,9,10);1-2H2,(H,5,6)(H,7,8). The summed E-state index contributed by atoms with van der Waals surface area (Å²) >= 11 is 0. The highest BCUT2D eigenvalue weighted by Crippen LogP contribution is 1.98. The Kier molecular flexibility index (Phi) is 12.4. The van der Waals surface area contributed by atoms with E-state index >= 15 is 0 Å². The summed E-state index contributed by atoms with van der Waals surface area (Å²) in [5, 5.41) is 20.9. The third kappa shape index (κ3) is 15.7. The fraction of sp³-hybridized carbons (Fsp3) is 0.222. The van der Waals surface area contributed by atoms with E-state index in [2.05, 4.69) is 20.6 Å². The molecule has 2 aromatic rings. The molecule has 10 heteroatoms. The Morgan fingerprint density at radius 3 is 1.32 bits per heavy atom. The van der Waals surface area contributed by atoms with E-state index in [0.717, 1.165) is 0 Å². The predicted octanol–water partition coefficient (Wildman–Crippen LogP) is 2.02. The molecule has 4 N–H and O–H groups in total. The van der Waals surface area contributed by atoms with Gasteiger partial charge in [-0.2, -0.15) is 0 Å². The first kappa shape index (κ1) is 24.2. The number of carbonyl (C=O) groups excluding carboxylic acids is 2. The van der Waals surface area contributed by atoms with Crippen molar-refractivity contribution < 1.29 is 29.4 Å². The number of rotatable bonds is 5. The Balaban J connectivity index is 0.000000394. The first-order chi connectivity index (χ1) is 13.2. The van der Waals surface area contributed by atoms with Crippen molar-refractivity contribution in [2.75, 3.05) is 10.6 Å². The Hall–Kier alpha value is -3.82. The van der Waals surface area contributed by atoms with Gasteiger partial charge in [0.1, 0.15) is 11.6 Å². The van der Waals surface area contributed by atoms with Gasteiger partial charge in [-0.25, -0.2) is 9.97 Å². The quantitative estimate of drug-likeness (QED) is 0.603. The fourth-order valence-corrected chi connectivity index (χ4v) is 1.45. The molecular formula is C18H22N4O6. The lowest BCUT2D eigenvalue weighted by Gasteiger charge is -1.96. The molecule has 2 heterocycles. The van der Waals surface area contributed by atoms with Gasteiger partial charge in [-0.1, -0.05) is 12.1 Å². The molecule has 2 rings (SSSR count). The van der Waals surface area contributed by atoms with E-state index in [1.165, 1.54) is 13.8 Å². The normalized spacial score (nSPS) is 8.79. The van der Waals surface area contributed by atoms with Gasteiger partial charge in [0, 0.05) is 26.2 Å². The molecule has 0 saturated carbocycles.